The lowest BCUT2D eigenvalue weighted by Crippen LogP contribution is -2.37. The second-order valence-electron chi connectivity index (χ2n) is 11.6. The van der Waals surface area contributed by atoms with Crippen LogP contribution in [0.5, 0.6) is 0 Å². The Hall–Kier alpha value is -5.38. The van der Waals surface area contributed by atoms with Crippen molar-refractivity contribution < 1.29 is 9.90 Å². The van der Waals surface area contributed by atoms with E-state index in [1.54, 1.807) is 12.3 Å². The molecule has 3 aromatic heterocycles. The molecule has 0 aliphatic carbocycles. The number of hydrogen-bond donors (Lipinski definition) is 3. The van der Waals surface area contributed by atoms with Gasteiger partial charge in [-0.1, -0.05) is 48.5 Å². The monoisotopic (exact) mass is 609 g/mol. The molecule has 3 aromatic carbocycles. The molecule has 0 spiro atoms. The number of para-hydroxylation sites is 1. The number of aliphatic hydroxyl groups is 1. The summed E-state index contributed by atoms with van der Waals surface area (Å²) in [4.78, 5) is 29.9. The van der Waals surface area contributed by atoms with Crippen molar-refractivity contribution in [2.75, 3.05) is 30.3 Å². The number of benzene rings is 3. The van der Waals surface area contributed by atoms with Crippen LogP contribution in [0.25, 0.3) is 28.3 Å². The Morgan fingerprint density at radius 1 is 0.848 bits per heavy atom. The Bertz CT molecular complexity index is 1970. The number of nitrogens with zero attached hydrogens (tertiary/aromatic N) is 5. The fourth-order valence-corrected chi connectivity index (χ4v) is 5.89. The molecule has 9 nitrogen and oxygen atoms in total. The van der Waals surface area contributed by atoms with Crippen LogP contribution in [-0.4, -0.2) is 61.0 Å². The third-order valence-electron chi connectivity index (χ3n) is 8.31. The highest BCUT2D eigenvalue weighted by atomic mass is 16.3. The average molecular weight is 610 g/mol. The van der Waals surface area contributed by atoms with Gasteiger partial charge in [-0.3, -0.25) is 9.20 Å². The van der Waals surface area contributed by atoms with Gasteiger partial charge in [0.05, 0.1) is 23.2 Å². The maximum absolute atomic E-state index is 13.1. The average Bonchev–Trinajstić information content (AvgIpc) is 3.49. The molecule has 9 heteroatoms. The van der Waals surface area contributed by atoms with Crippen molar-refractivity contribution in [1.29, 1.82) is 0 Å². The fourth-order valence-electron chi connectivity index (χ4n) is 5.89. The van der Waals surface area contributed by atoms with E-state index in [4.69, 9.17) is 9.97 Å². The number of nitrogens with one attached hydrogen (secondary N) is 2. The number of piperidine rings is 1. The molecular formula is C37H35N7O2. The van der Waals surface area contributed by atoms with E-state index in [0.717, 1.165) is 72.9 Å². The number of amides is 1. The van der Waals surface area contributed by atoms with Gasteiger partial charge in [0.25, 0.3) is 5.91 Å². The summed E-state index contributed by atoms with van der Waals surface area (Å²) in [5, 5.41) is 16.2. The second kappa shape index (κ2) is 13.3. The number of pyridine rings is 1. The van der Waals surface area contributed by atoms with Crippen LogP contribution in [0.1, 0.15) is 28.8 Å². The third-order valence-corrected chi connectivity index (χ3v) is 8.31. The zero-order valence-electron chi connectivity index (χ0n) is 25.4. The number of aliphatic hydroxyl groups excluding tert-OH is 1. The van der Waals surface area contributed by atoms with Crippen LogP contribution in [0, 0.1) is 0 Å². The number of anilines is 3. The van der Waals surface area contributed by atoms with Gasteiger partial charge in [0.15, 0.2) is 0 Å². The van der Waals surface area contributed by atoms with Gasteiger partial charge >= 0.3 is 0 Å². The molecule has 0 radical (unpaired) electrons. The molecule has 1 amide bonds. The molecule has 1 saturated heterocycles. The highest BCUT2D eigenvalue weighted by Crippen LogP contribution is 2.33. The summed E-state index contributed by atoms with van der Waals surface area (Å²) in [6.07, 6.45) is 6.17. The van der Waals surface area contributed by atoms with Crippen molar-refractivity contribution >= 4 is 28.9 Å². The summed E-state index contributed by atoms with van der Waals surface area (Å²) in [7, 11) is 0. The molecule has 0 bridgehead atoms. The molecule has 6 aromatic rings. The Morgan fingerprint density at radius 2 is 1.65 bits per heavy atom. The lowest BCUT2D eigenvalue weighted by atomic mass is 10.0. The van der Waals surface area contributed by atoms with Crippen LogP contribution < -0.4 is 10.6 Å². The number of carbonyl (C=O) groups excluding carboxylic acids is 1. The molecular weight excluding hydrogens is 574 g/mol. The number of likely N-dealkylation sites (tertiary alicyclic amines) is 1. The lowest BCUT2D eigenvalue weighted by Gasteiger charge is -2.29. The number of aromatic nitrogens is 4. The van der Waals surface area contributed by atoms with Crippen LogP contribution in [-0.2, 0) is 6.42 Å². The van der Waals surface area contributed by atoms with Gasteiger partial charge in [0.2, 0.25) is 5.95 Å². The predicted molar refractivity (Wildman–Crippen MR) is 181 cm³/mol. The molecule has 0 atom stereocenters. The topological polar surface area (TPSA) is 108 Å². The molecule has 0 saturated carbocycles. The van der Waals surface area contributed by atoms with E-state index in [-0.39, 0.29) is 12.0 Å². The maximum atomic E-state index is 13.1. The van der Waals surface area contributed by atoms with Crippen LogP contribution in [0.4, 0.5) is 17.3 Å². The summed E-state index contributed by atoms with van der Waals surface area (Å²) in [5.41, 5.74) is 7.23. The standard InChI is InChI=1S/C37H35N7O2/c45-31-17-22-43(23-18-31)21-16-26-8-6-13-30(24-26)40-37-38-19-15-32(41-37)35-34(42-33-14-4-5-20-44(33)35)27-9-7-10-28(25-27)36(46)39-29-11-2-1-3-12-29/h1-15,19-20,24-25,31,45H,16-18,21-23H2,(H,39,46)(H,38,40,41). The summed E-state index contributed by atoms with van der Waals surface area (Å²) < 4.78 is 2.01. The highest BCUT2D eigenvalue weighted by molar-refractivity contribution is 6.05. The number of fused-ring (bicyclic) bond motifs is 1. The van der Waals surface area contributed by atoms with Crippen molar-refractivity contribution in [3.05, 3.63) is 127 Å². The van der Waals surface area contributed by atoms with E-state index in [0.29, 0.717) is 17.2 Å². The molecule has 1 fully saturated rings. The Morgan fingerprint density at radius 3 is 2.52 bits per heavy atom. The molecule has 1 aliphatic heterocycles. The van der Waals surface area contributed by atoms with E-state index in [2.05, 4.69) is 32.7 Å². The van der Waals surface area contributed by atoms with Gasteiger partial charge in [0, 0.05) is 54.5 Å². The van der Waals surface area contributed by atoms with E-state index in [1.165, 1.54) is 5.56 Å². The van der Waals surface area contributed by atoms with Crippen molar-refractivity contribution in [3.8, 4) is 22.6 Å². The largest absolute Gasteiger partial charge is 0.393 e. The third kappa shape index (κ3) is 6.66. The van der Waals surface area contributed by atoms with Crippen LogP contribution in [0.3, 0.4) is 0 Å². The Kier molecular flexibility index (Phi) is 8.49. The van der Waals surface area contributed by atoms with Crippen molar-refractivity contribution in [1.82, 2.24) is 24.3 Å². The van der Waals surface area contributed by atoms with Gasteiger partial charge < -0.3 is 20.6 Å². The van der Waals surface area contributed by atoms with Crippen molar-refractivity contribution in [2.24, 2.45) is 0 Å². The molecule has 46 heavy (non-hydrogen) atoms. The zero-order chi connectivity index (χ0) is 31.3. The van der Waals surface area contributed by atoms with E-state index in [1.807, 2.05) is 95.5 Å². The maximum Gasteiger partial charge on any atom is 0.255 e. The number of hydrogen-bond acceptors (Lipinski definition) is 7. The van der Waals surface area contributed by atoms with Crippen LogP contribution >= 0.6 is 0 Å². The summed E-state index contributed by atoms with van der Waals surface area (Å²) in [5.74, 6) is 0.288. The summed E-state index contributed by atoms with van der Waals surface area (Å²) >= 11 is 0. The van der Waals surface area contributed by atoms with Gasteiger partial charge in [0.1, 0.15) is 5.65 Å². The summed E-state index contributed by atoms with van der Waals surface area (Å²) in [6.45, 7) is 2.85. The molecule has 1 aliphatic rings. The van der Waals surface area contributed by atoms with Gasteiger partial charge in [-0.2, -0.15) is 0 Å². The minimum atomic E-state index is -0.191. The minimum Gasteiger partial charge on any atom is -0.393 e. The van der Waals surface area contributed by atoms with E-state index >= 15 is 0 Å². The molecule has 7 rings (SSSR count). The van der Waals surface area contributed by atoms with Crippen molar-refractivity contribution in [3.63, 3.8) is 0 Å². The number of carbonyl (C=O) groups is 1. The first-order valence-electron chi connectivity index (χ1n) is 15.6. The second-order valence-corrected chi connectivity index (χ2v) is 11.6. The predicted octanol–water partition coefficient (Wildman–Crippen LogP) is 6.45. The van der Waals surface area contributed by atoms with E-state index < -0.39 is 0 Å². The Labute approximate surface area is 267 Å². The fraction of sp³-hybridized carbons (Fsp3) is 0.189. The van der Waals surface area contributed by atoms with Gasteiger partial charge in [-0.05, 0) is 79.4 Å². The SMILES string of the molecule is O=C(Nc1ccccc1)c1cccc(-c2nc3ccccn3c2-c2ccnc(Nc3cccc(CCN4CCC(O)CC4)c3)n2)c1. The molecule has 3 N–H and O–H groups in total. The van der Waals surface area contributed by atoms with Crippen molar-refractivity contribution in [2.45, 2.75) is 25.4 Å². The molecule has 4 heterocycles. The smallest absolute Gasteiger partial charge is 0.255 e. The molecule has 0 unspecified atom stereocenters. The summed E-state index contributed by atoms with van der Waals surface area (Å²) in [6, 6.07) is 33.0. The first kappa shape index (κ1) is 29.3. The number of imidazole rings is 1. The quantitative estimate of drug-likeness (QED) is 0.173. The highest BCUT2D eigenvalue weighted by Gasteiger charge is 2.19. The zero-order valence-corrected chi connectivity index (χ0v) is 25.4. The number of rotatable bonds is 9. The Balaban J connectivity index is 1.15. The first-order chi connectivity index (χ1) is 22.6. The van der Waals surface area contributed by atoms with Crippen LogP contribution in [0.15, 0.2) is 116 Å². The normalized spacial score (nSPS) is 13.9. The van der Waals surface area contributed by atoms with E-state index in [9.17, 15) is 9.90 Å². The van der Waals surface area contributed by atoms with Gasteiger partial charge in [-0.15, -0.1) is 0 Å². The molecule has 230 valence electrons. The first-order valence-corrected chi connectivity index (χ1v) is 15.6. The van der Waals surface area contributed by atoms with Gasteiger partial charge in [-0.25, -0.2) is 15.0 Å². The minimum absolute atomic E-state index is 0.159. The van der Waals surface area contributed by atoms with Crippen LogP contribution in [0.2, 0.25) is 0 Å². The lowest BCUT2D eigenvalue weighted by molar-refractivity contribution is 0.0832.